The monoisotopic (exact) mass is 350 g/mol. The van der Waals surface area contributed by atoms with E-state index in [2.05, 4.69) is 27.1 Å². The number of fused-ring (bicyclic) bond motifs is 1. The molecule has 128 valence electrons. The number of rotatable bonds is 3. The Kier molecular flexibility index (Phi) is 4.35. The van der Waals surface area contributed by atoms with Crippen molar-refractivity contribution in [2.24, 2.45) is 5.11 Å². The number of amides is 1. The Labute approximate surface area is 155 Å². The van der Waals surface area contributed by atoms with E-state index in [-0.39, 0.29) is 0 Å². The Morgan fingerprint density at radius 2 is 1.44 bits per heavy atom. The van der Waals surface area contributed by atoms with Crippen molar-refractivity contribution in [2.45, 2.75) is 0 Å². The number of hydrogen-bond acceptors (Lipinski definition) is 2. The second-order valence-electron chi connectivity index (χ2n) is 6.01. The number of aromatic nitrogens is 1. The lowest BCUT2D eigenvalue weighted by atomic mass is 10.0. The first-order chi connectivity index (χ1) is 13.3. The molecule has 0 saturated carbocycles. The van der Waals surface area contributed by atoms with E-state index in [1.54, 1.807) is 12.1 Å². The molecule has 0 saturated heterocycles. The third kappa shape index (κ3) is 3.27. The maximum atomic E-state index is 12.2. The normalized spacial score (nSPS) is 10.4. The first-order valence-electron chi connectivity index (χ1n) is 8.41. The zero-order chi connectivity index (χ0) is 18.6. The number of benzene rings is 3. The highest BCUT2D eigenvalue weighted by molar-refractivity contribution is 6.07. The number of para-hydroxylation sites is 1. The van der Waals surface area contributed by atoms with E-state index in [9.17, 15) is 4.79 Å². The second-order valence-corrected chi connectivity index (χ2v) is 6.01. The van der Waals surface area contributed by atoms with Crippen LogP contribution in [0.3, 0.4) is 0 Å². The van der Waals surface area contributed by atoms with E-state index in [4.69, 9.17) is 5.53 Å². The van der Waals surface area contributed by atoms with Gasteiger partial charge in [-0.2, -0.15) is 0 Å². The molecule has 5 heteroatoms. The summed E-state index contributed by atoms with van der Waals surface area (Å²) in [6.45, 7) is 0. The van der Waals surface area contributed by atoms with Gasteiger partial charge in [0.05, 0.1) is 11.2 Å². The summed E-state index contributed by atoms with van der Waals surface area (Å²) in [6, 6.07) is 27.1. The van der Waals surface area contributed by atoms with Crippen LogP contribution in [0.1, 0.15) is 10.4 Å². The predicted molar refractivity (Wildman–Crippen MR) is 106 cm³/mol. The molecule has 5 nitrogen and oxygen atoms in total. The van der Waals surface area contributed by atoms with Crippen LogP contribution in [0.25, 0.3) is 43.7 Å². The molecule has 0 aliphatic carbocycles. The minimum atomic E-state index is -0.613. The Bertz CT molecular complexity index is 1180. The minimum absolute atomic E-state index is 0.348. The third-order valence-corrected chi connectivity index (χ3v) is 4.37. The van der Waals surface area contributed by atoms with E-state index >= 15 is 0 Å². The fraction of sp³-hybridized carbons (Fsp3) is 0. The average molecular weight is 350 g/mol. The molecule has 3 aromatic carbocycles. The van der Waals surface area contributed by atoms with Gasteiger partial charge in [0.2, 0.25) is 5.91 Å². The number of carbonyl (C=O) groups excluding carboxylic acids is 1. The van der Waals surface area contributed by atoms with Crippen molar-refractivity contribution in [2.75, 3.05) is 0 Å². The zero-order valence-electron chi connectivity index (χ0n) is 14.3. The van der Waals surface area contributed by atoms with Gasteiger partial charge >= 0.3 is 0 Å². The molecule has 0 radical (unpaired) electrons. The van der Waals surface area contributed by atoms with Gasteiger partial charge in [-0.15, -0.1) is 0 Å². The van der Waals surface area contributed by atoms with Crippen molar-refractivity contribution < 1.29 is 4.79 Å². The van der Waals surface area contributed by atoms with Crippen molar-refractivity contribution in [3.8, 4) is 22.4 Å². The van der Waals surface area contributed by atoms with Gasteiger partial charge in [0.25, 0.3) is 0 Å². The quantitative estimate of drug-likeness (QED) is 0.257. The molecular weight excluding hydrogens is 336 g/mol. The summed E-state index contributed by atoms with van der Waals surface area (Å²) >= 11 is 0. The van der Waals surface area contributed by atoms with Crippen molar-refractivity contribution in [3.05, 3.63) is 101 Å². The summed E-state index contributed by atoms with van der Waals surface area (Å²) in [7, 11) is 0. The fourth-order valence-electron chi connectivity index (χ4n) is 3.06. The number of hydrogen-bond donors (Lipinski definition) is 0. The predicted octanol–water partition coefficient (Wildman–Crippen LogP) is 6.02. The van der Waals surface area contributed by atoms with Crippen LogP contribution in [0.15, 0.2) is 90.0 Å². The van der Waals surface area contributed by atoms with Crippen LogP contribution in [0.5, 0.6) is 0 Å². The van der Waals surface area contributed by atoms with Gasteiger partial charge in [0.1, 0.15) is 0 Å². The first kappa shape index (κ1) is 16.5. The maximum absolute atomic E-state index is 12.2. The summed E-state index contributed by atoms with van der Waals surface area (Å²) in [5.41, 5.74) is 13.4. The molecule has 0 spiro atoms. The SMILES string of the molecule is [N-]=[N+]=NC(=O)c1cc(-c2ccc(-c3ccccc3)cc2)nc2ccccc12. The van der Waals surface area contributed by atoms with E-state index in [1.807, 2.05) is 60.7 Å². The van der Waals surface area contributed by atoms with Crippen molar-refractivity contribution in [1.82, 2.24) is 4.98 Å². The van der Waals surface area contributed by atoms with Crippen LogP contribution in [-0.2, 0) is 0 Å². The number of pyridine rings is 1. The van der Waals surface area contributed by atoms with Crippen molar-refractivity contribution in [3.63, 3.8) is 0 Å². The molecule has 27 heavy (non-hydrogen) atoms. The summed E-state index contributed by atoms with van der Waals surface area (Å²) in [6.07, 6.45) is 0. The lowest BCUT2D eigenvalue weighted by Crippen LogP contribution is -1.98. The minimum Gasteiger partial charge on any atom is -0.287 e. The molecular formula is C22H14N4O. The highest BCUT2D eigenvalue weighted by atomic mass is 16.1. The molecule has 0 N–H and O–H groups in total. The van der Waals surface area contributed by atoms with Crippen molar-refractivity contribution in [1.29, 1.82) is 0 Å². The topological polar surface area (TPSA) is 78.7 Å². The Morgan fingerprint density at radius 1 is 0.815 bits per heavy atom. The van der Waals surface area contributed by atoms with Gasteiger partial charge in [-0.1, -0.05) is 72.8 Å². The first-order valence-corrected chi connectivity index (χ1v) is 8.41. The van der Waals surface area contributed by atoms with Crippen LogP contribution in [-0.4, -0.2) is 10.9 Å². The van der Waals surface area contributed by atoms with Crippen LogP contribution >= 0.6 is 0 Å². The lowest BCUT2D eigenvalue weighted by molar-refractivity contribution is 0.100. The molecule has 0 aliphatic heterocycles. The summed E-state index contributed by atoms with van der Waals surface area (Å²) in [4.78, 5) is 19.5. The summed E-state index contributed by atoms with van der Waals surface area (Å²) < 4.78 is 0. The van der Waals surface area contributed by atoms with Crippen LogP contribution in [0.2, 0.25) is 0 Å². The molecule has 0 aliphatic rings. The molecule has 0 atom stereocenters. The smallest absolute Gasteiger partial charge is 0.249 e. The maximum Gasteiger partial charge on any atom is 0.249 e. The van der Waals surface area contributed by atoms with Gasteiger partial charge in [-0.25, -0.2) is 4.98 Å². The van der Waals surface area contributed by atoms with Crippen LogP contribution < -0.4 is 0 Å². The number of azide groups is 1. The molecule has 4 rings (SSSR count). The molecule has 0 fully saturated rings. The molecule has 1 aromatic heterocycles. The van der Waals surface area contributed by atoms with Crippen molar-refractivity contribution >= 4 is 16.8 Å². The Hall–Kier alpha value is -3.95. The second kappa shape index (κ2) is 7.12. The fourth-order valence-corrected chi connectivity index (χ4v) is 3.06. The third-order valence-electron chi connectivity index (χ3n) is 4.37. The molecule has 0 bridgehead atoms. The Morgan fingerprint density at radius 3 is 2.19 bits per heavy atom. The van der Waals surface area contributed by atoms with Crippen LogP contribution in [0.4, 0.5) is 0 Å². The summed E-state index contributed by atoms with van der Waals surface area (Å²) in [5.74, 6) is -0.613. The molecule has 1 amide bonds. The van der Waals surface area contributed by atoms with Gasteiger partial charge < -0.3 is 0 Å². The standard InChI is InChI=1S/C22H14N4O/c23-26-25-22(27)19-14-21(24-20-9-5-4-8-18(19)20)17-12-10-16(11-13-17)15-6-2-1-3-7-15/h1-14H. The van der Waals surface area contributed by atoms with Gasteiger partial charge in [0.15, 0.2) is 0 Å². The number of nitrogens with zero attached hydrogens (tertiary/aromatic N) is 4. The van der Waals surface area contributed by atoms with Crippen LogP contribution in [0, 0.1) is 0 Å². The Balaban J connectivity index is 1.82. The van der Waals surface area contributed by atoms with E-state index < -0.39 is 5.91 Å². The van der Waals surface area contributed by atoms with E-state index in [0.29, 0.717) is 22.2 Å². The average Bonchev–Trinajstić information content (AvgIpc) is 2.74. The largest absolute Gasteiger partial charge is 0.287 e. The van der Waals surface area contributed by atoms with Gasteiger partial charge in [-0.3, -0.25) is 4.79 Å². The number of carbonyl (C=O) groups is 1. The highest BCUT2D eigenvalue weighted by Crippen LogP contribution is 2.27. The summed E-state index contributed by atoms with van der Waals surface area (Å²) in [5, 5.41) is 3.91. The molecule has 0 unspecified atom stereocenters. The van der Waals surface area contributed by atoms with E-state index in [1.165, 1.54) is 0 Å². The highest BCUT2D eigenvalue weighted by Gasteiger charge is 2.12. The van der Waals surface area contributed by atoms with Gasteiger partial charge in [0, 0.05) is 21.4 Å². The zero-order valence-corrected chi connectivity index (χ0v) is 14.3. The van der Waals surface area contributed by atoms with Gasteiger partial charge in [-0.05, 0) is 33.9 Å². The van der Waals surface area contributed by atoms with E-state index in [0.717, 1.165) is 16.7 Å². The molecule has 1 heterocycles. The lowest BCUT2D eigenvalue weighted by Gasteiger charge is -2.08. The molecule has 4 aromatic rings.